The molecular formula is C21H28N2O3S. The van der Waals surface area contributed by atoms with Crippen molar-refractivity contribution in [1.82, 2.24) is 4.83 Å². The number of sulfonamides is 1. The van der Waals surface area contributed by atoms with Crippen LogP contribution in [0, 0.1) is 0 Å². The maximum absolute atomic E-state index is 12.2. The summed E-state index contributed by atoms with van der Waals surface area (Å²) in [7, 11) is -3.66. The van der Waals surface area contributed by atoms with Gasteiger partial charge in [-0.2, -0.15) is 13.5 Å². The zero-order chi connectivity index (χ0) is 19.4. The van der Waals surface area contributed by atoms with Gasteiger partial charge >= 0.3 is 0 Å². The van der Waals surface area contributed by atoms with Crippen LogP contribution in [-0.4, -0.2) is 21.2 Å². The van der Waals surface area contributed by atoms with E-state index < -0.39 is 10.0 Å². The fraction of sp³-hybridized carbons (Fsp3) is 0.381. The molecule has 1 N–H and O–H groups in total. The number of nitrogens with one attached hydrogen (secondary N) is 1. The third-order valence-corrected chi connectivity index (χ3v) is 5.34. The second-order valence-electron chi connectivity index (χ2n) is 6.32. The van der Waals surface area contributed by atoms with Gasteiger partial charge in [-0.05, 0) is 30.7 Å². The van der Waals surface area contributed by atoms with Crippen LogP contribution in [0.3, 0.4) is 0 Å². The lowest BCUT2D eigenvalue weighted by atomic mass is 10.1. The number of ether oxygens (including phenoxy) is 1. The van der Waals surface area contributed by atoms with Gasteiger partial charge in [0.2, 0.25) is 0 Å². The molecule has 0 radical (unpaired) electrons. The monoisotopic (exact) mass is 388 g/mol. The molecule has 0 aliphatic heterocycles. The van der Waals surface area contributed by atoms with Crippen molar-refractivity contribution in [2.24, 2.45) is 5.10 Å². The van der Waals surface area contributed by atoms with E-state index in [0.717, 1.165) is 18.4 Å². The number of benzene rings is 2. The van der Waals surface area contributed by atoms with Crippen molar-refractivity contribution in [2.75, 3.05) is 6.61 Å². The fourth-order valence-corrected chi connectivity index (χ4v) is 3.41. The van der Waals surface area contributed by atoms with Crippen molar-refractivity contribution in [3.05, 3.63) is 60.2 Å². The maximum Gasteiger partial charge on any atom is 0.276 e. The molecular weight excluding hydrogens is 360 g/mol. The van der Waals surface area contributed by atoms with E-state index in [1.54, 1.807) is 18.2 Å². The number of nitrogens with zero attached hydrogens (tertiary/aromatic N) is 1. The van der Waals surface area contributed by atoms with Crippen LogP contribution in [0.25, 0.3) is 0 Å². The Morgan fingerprint density at radius 2 is 1.59 bits per heavy atom. The summed E-state index contributed by atoms with van der Waals surface area (Å²) in [5.41, 5.74) is 0.735. The summed E-state index contributed by atoms with van der Waals surface area (Å²) in [6.45, 7) is 2.86. The normalized spacial score (nSPS) is 11.6. The van der Waals surface area contributed by atoms with Gasteiger partial charge in [-0.1, -0.05) is 69.4 Å². The second kappa shape index (κ2) is 11.4. The molecule has 0 unspecified atom stereocenters. The van der Waals surface area contributed by atoms with E-state index in [4.69, 9.17) is 4.74 Å². The number of para-hydroxylation sites is 1. The molecule has 146 valence electrons. The van der Waals surface area contributed by atoms with Gasteiger partial charge in [0.05, 0.1) is 17.7 Å². The third kappa shape index (κ3) is 7.43. The Kier molecular flexibility index (Phi) is 8.84. The van der Waals surface area contributed by atoms with Gasteiger partial charge in [0.25, 0.3) is 10.0 Å². The third-order valence-electron chi connectivity index (χ3n) is 4.10. The molecule has 0 aromatic heterocycles. The summed E-state index contributed by atoms with van der Waals surface area (Å²) in [5.74, 6) is 0.703. The minimum Gasteiger partial charge on any atom is -0.493 e. The highest BCUT2D eigenvalue weighted by Gasteiger charge is 2.11. The van der Waals surface area contributed by atoms with E-state index in [2.05, 4.69) is 16.9 Å². The second-order valence-corrected chi connectivity index (χ2v) is 7.98. The molecule has 0 heterocycles. The summed E-state index contributed by atoms with van der Waals surface area (Å²) in [4.78, 5) is 2.41. The smallest absolute Gasteiger partial charge is 0.276 e. The van der Waals surface area contributed by atoms with Crippen molar-refractivity contribution < 1.29 is 13.2 Å². The molecule has 0 saturated carbocycles. The number of hydrogen-bond donors (Lipinski definition) is 1. The van der Waals surface area contributed by atoms with Crippen molar-refractivity contribution in [1.29, 1.82) is 0 Å². The number of hydrazone groups is 1. The average molecular weight is 389 g/mol. The van der Waals surface area contributed by atoms with Crippen molar-refractivity contribution >= 4 is 16.2 Å². The quantitative estimate of drug-likeness (QED) is 0.324. The van der Waals surface area contributed by atoms with Gasteiger partial charge < -0.3 is 4.74 Å². The standard InChI is InChI=1S/C21H28N2O3S/c1-2-3-4-5-6-12-17-26-21-16-11-10-13-19(21)18-22-23-27(24,25)20-14-8-7-9-15-20/h7-11,13-16,18,23H,2-6,12,17H2,1H3. The van der Waals surface area contributed by atoms with Gasteiger partial charge in [-0.15, -0.1) is 0 Å². The highest BCUT2D eigenvalue weighted by Crippen LogP contribution is 2.17. The molecule has 2 aromatic rings. The van der Waals surface area contributed by atoms with Crippen LogP contribution in [-0.2, 0) is 10.0 Å². The first-order valence-electron chi connectivity index (χ1n) is 9.45. The Morgan fingerprint density at radius 3 is 2.37 bits per heavy atom. The predicted octanol–water partition coefficient (Wildman–Crippen LogP) is 4.74. The molecule has 0 amide bonds. The van der Waals surface area contributed by atoms with E-state index >= 15 is 0 Å². The molecule has 5 nitrogen and oxygen atoms in total. The molecule has 0 saturated heterocycles. The summed E-state index contributed by atoms with van der Waals surface area (Å²) in [6.07, 6.45) is 8.69. The van der Waals surface area contributed by atoms with Crippen molar-refractivity contribution in [2.45, 2.75) is 50.3 Å². The van der Waals surface area contributed by atoms with E-state index in [-0.39, 0.29) is 4.90 Å². The Bertz CT molecular complexity index is 805. The molecule has 0 bridgehead atoms. The highest BCUT2D eigenvalue weighted by atomic mass is 32.2. The van der Waals surface area contributed by atoms with E-state index in [0.29, 0.717) is 12.4 Å². The molecule has 0 atom stereocenters. The summed E-state index contributed by atoms with van der Waals surface area (Å²) in [6, 6.07) is 15.6. The number of rotatable bonds is 12. The topological polar surface area (TPSA) is 67.8 Å². The van der Waals surface area contributed by atoms with Gasteiger partial charge in [0.15, 0.2) is 0 Å². The highest BCUT2D eigenvalue weighted by molar-refractivity contribution is 7.89. The maximum atomic E-state index is 12.2. The average Bonchev–Trinajstić information content (AvgIpc) is 2.69. The molecule has 0 fully saturated rings. The van der Waals surface area contributed by atoms with Crippen molar-refractivity contribution in [3.8, 4) is 5.75 Å². The molecule has 0 aliphatic carbocycles. The largest absolute Gasteiger partial charge is 0.493 e. The van der Waals surface area contributed by atoms with Crippen LogP contribution >= 0.6 is 0 Å². The predicted molar refractivity (Wildman–Crippen MR) is 110 cm³/mol. The van der Waals surface area contributed by atoms with Crippen LogP contribution in [0.4, 0.5) is 0 Å². The summed E-state index contributed by atoms with van der Waals surface area (Å²) >= 11 is 0. The molecule has 27 heavy (non-hydrogen) atoms. The van der Waals surface area contributed by atoms with E-state index in [9.17, 15) is 8.42 Å². The zero-order valence-electron chi connectivity index (χ0n) is 15.8. The Morgan fingerprint density at radius 1 is 0.926 bits per heavy atom. The molecule has 0 spiro atoms. The lowest BCUT2D eigenvalue weighted by Crippen LogP contribution is -2.18. The Hall–Kier alpha value is -2.34. The number of unbranched alkanes of at least 4 members (excludes halogenated alkanes) is 5. The molecule has 6 heteroatoms. The van der Waals surface area contributed by atoms with E-state index in [1.165, 1.54) is 44.0 Å². The van der Waals surface area contributed by atoms with Gasteiger partial charge in [-0.3, -0.25) is 0 Å². The molecule has 2 rings (SSSR count). The minimum absolute atomic E-state index is 0.176. The first kappa shape index (κ1) is 21.0. The molecule has 2 aromatic carbocycles. The van der Waals surface area contributed by atoms with Crippen LogP contribution in [0.2, 0.25) is 0 Å². The van der Waals surface area contributed by atoms with Crippen LogP contribution in [0.15, 0.2) is 64.6 Å². The summed E-state index contributed by atoms with van der Waals surface area (Å²) < 4.78 is 30.2. The van der Waals surface area contributed by atoms with Crippen molar-refractivity contribution in [3.63, 3.8) is 0 Å². The Balaban J connectivity index is 1.87. The van der Waals surface area contributed by atoms with Crippen LogP contribution in [0.1, 0.15) is 51.0 Å². The van der Waals surface area contributed by atoms with Crippen LogP contribution in [0.5, 0.6) is 5.75 Å². The number of hydrogen-bond acceptors (Lipinski definition) is 4. The molecule has 0 aliphatic rings. The zero-order valence-corrected chi connectivity index (χ0v) is 16.6. The van der Waals surface area contributed by atoms with E-state index in [1.807, 2.05) is 24.3 Å². The van der Waals surface area contributed by atoms with Gasteiger partial charge in [0, 0.05) is 5.56 Å². The minimum atomic E-state index is -3.66. The van der Waals surface area contributed by atoms with Crippen LogP contribution < -0.4 is 9.57 Å². The lowest BCUT2D eigenvalue weighted by molar-refractivity contribution is 0.304. The lowest BCUT2D eigenvalue weighted by Gasteiger charge is -2.09. The van der Waals surface area contributed by atoms with Gasteiger partial charge in [-0.25, -0.2) is 4.83 Å². The first-order chi connectivity index (χ1) is 13.1. The summed E-state index contributed by atoms with van der Waals surface area (Å²) in [5, 5.41) is 3.89. The van der Waals surface area contributed by atoms with Gasteiger partial charge in [0.1, 0.15) is 5.75 Å². The SMILES string of the molecule is CCCCCCCCOc1ccccc1C=NNS(=O)(=O)c1ccccc1. The first-order valence-corrected chi connectivity index (χ1v) is 10.9. The fourth-order valence-electron chi connectivity index (χ4n) is 2.60. The Labute approximate surface area is 162 Å².